The van der Waals surface area contributed by atoms with Crippen LogP contribution in [0.25, 0.3) is 0 Å². The van der Waals surface area contributed by atoms with Gasteiger partial charge in [0.2, 0.25) is 0 Å². The number of hydrogen-bond donors (Lipinski definition) is 1. The van der Waals surface area contributed by atoms with E-state index in [2.05, 4.69) is 13.8 Å². The highest BCUT2D eigenvalue weighted by Gasteiger charge is 2.28. The molecular weight excluding hydrogens is 224 g/mol. The van der Waals surface area contributed by atoms with Crippen molar-refractivity contribution in [2.75, 3.05) is 11.5 Å². The summed E-state index contributed by atoms with van der Waals surface area (Å²) in [5.41, 5.74) is 0. The predicted molar refractivity (Wildman–Crippen MR) is 72.9 cm³/mol. The first-order valence-electron chi connectivity index (χ1n) is 6.17. The molecule has 1 fully saturated rings. The smallest absolute Gasteiger partial charge is 0.0669 e. The zero-order chi connectivity index (χ0) is 11.1. The summed E-state index contributed by atoms with van der Waals surface area (Å²) in [6, 6.07) is 0. The van der Waals surface area contributed by atoms with Gasteiger partial charge in [-0.2, -0.15) is 23.5 Å². The van der Waals surface area contributed by atoms with Crippen molar-refractivity contribution in [3.05, 3.63) is 0 Å². The lowest BCUT2D eigenvalue weighted by Crippen LogP contribution is -2.34. The van der Waals surface area contributed by atoms with Crippen molar-refractivity contribution in [1.29, 1.82) is 0 Å². The van der Waals surface area contributed by atoms with Gasteiger partial charge in [-0.1, -0.05) is 39.5 Å². The Bertz CT molecular complexity index is 164. The minimum Gasteiger partial charge on any atom is -0.392 e. The number of aliphatic hydroxyl groups is 1. The Labute approximate surface area is 103 Å². The van der Waals surface area contributed by atoms with Crippen LogP contribution >= 0.6 is 23.5 Å². The molecule has 0 bridgehead atoms. The second-order valence-electron chi connectivity index (χ2n) is 4.33. The van der Waals surface area contributed by atoms with E-state index in [0.717, 1.165) is 6.42 Å². The summed E-state index contributed by atoms with van der Waals surface area (Å²) in [5.74, 6) is 2.47. The molecule has 1 saturated heterocycles. The maximum atomic E-state index is 10.1. The van der Waals surface area contributed by atoms with Gasteiger partial charge in [-0.05, 0) is 6.42 Å². The maximum absolute atomic E-state index is 10.1. The Hall–Kier alpha value is 0.660. The predicted octanol–water partition coefficient (Wildman–Crippen LogP) is 3.55. The summed E-state index contributed by atoms with van der Waals surface area (Å²) < 4.78 is 0. The highest BCUT2D eigenvalue weighted by atomic mass is 32.2. The third kappa shape index (κ3) is 5.01. The van der Waals surface area contributed by atoms with E-state index in [4.69, 9.17) is 0 Å². The molecule has 1 aliphatic heterocycles. The van der Waals surface area contributed by atoms with Gasteiger partial charge in [0.15, 0.2) is 0 Å². The summed E-state index contributed by atoms with van der Waals surface area (Å²) in [7, 11) is 0. The van der Waals surface area contributed by atoms with Crippen LogP contribution < -0.4 is 0 Å². The number of aliphatic hydroxyl groups excluding tert-OH is 1. The molecule has 0 amide bonds. The molecule has 1 heterocycles. The molecule has 1 aliphatic rings. The van der Waals surface area contributed by atoms with E-state index in [1.807, 2.05) is 23.5 Å². The van der Waals surface area contributed by atoms with Gasteiger partial charge in [0, 0.05) is 22.0 Å². The van der Waals surface area contributed by atoms with Gasteiger partial charge in [0.05, 0.1) is 6.10 Å². The summed E-state index contributed by atoms with van der Waals surface area (Å²) in [5, 5.41) is 11.2. The quantitative estimate of drug-likeness (QED) is 0.726. The number of thioether (sulfide) groups is 2. The van der Waals surface area contributed by atoms with Crippen LogP contribution in [0.5, 0.6) is 0 Å². The Morgan fingerprint density at radius 1 is 1.20 bits per heavy atom. The number of hydrogen-bond acceptors (Lipinski definition) is 3. The van der Waals surface area contributed by atoms with Crippen molar-refractivity contribution in [3.63, 3.8) is 0 Å². The molecule has 1 nitrogen and oxygen atoms in total. The van der Waals surface area contributed by atoms with Crippen LogP contribution in [0.15, 0.2) is 0 Å². The summed E-state index contributed by atoms with van der Waals surface area (Å²) in [6.45, 7) is 4.49. The lowest BCUT2D eigenvalue weighted by molar-refractivity contribution is 0.157. The molecule has 3 heteroatoms. The molecule has 3 atom stereocenters. The molecule has 0 aromatic heterocycles. The van der Waals surface area contributed by atoms with E-state index in [9.17, 15) is 5.11 Å². The zero-order valence-electron chi connectivity index (χ0n) is 9.95. The maximum Gasteiger partial charge on any atom is 0.0669 e. The Morgan fingerprint density at radius 3 is 2.60 bits per heavy atom. The first kappa shape index (κ1) is 13.7. The topological polar surface area (TPSA) is 20.2 Å². The second kappa shape index (κ2) is 7.86. The molecule has 0 radical (unpaired) electrons. The van der Waals surface area contributed by atoms with E-state index in [-0.39, 0.29) is 6.10 Å². The van der Waals surface area contributed by atoms with Crippen LogP contribution in [0.4, 0.5) is 0 Å². The van der Waals surface area contributed by atoms with Crippen molar-refractivity contribution in [3.8, 4) is 0 Å². The minimum atomic E-state index is -0.0744. The van der Waals surface area contributed by atoms with Crippen LogP contribution in [0.1, 0.15) is 46.0 Å². The van der Waals surface area contributed by atoms with Crippen molar-refractivity contribution in [1.82, 2.24) is 0 Å². The highest BCUT2D eigenvalue weighted by Crippen LogP contribution is 2.34. The highest BCUT2D eigenvalue weighted by molar-refractivity contribution is 8.07. The third-order valence-electron chi connectivity index (χ3n) is 2.97. The molecule has 1 N–H and O–H groups in total. The van der Waals surface area contributed by atoms with E-state index >= 15 is 0 Å². The minimum absolute atomic E-state index is 0.0744. The monoisotopic (exact) mass is 248 g/mol. The molecule has 0 saturated carbocycles. The fraction of sp³-hybridized carbons (Fsp3) is 1.00. The van der Waals surface area contributed by atoms with E-state index in [0.29, 0.717) is 10.5 Å². The Morgan fingerprint density at radius 2 is 1.93 bits per heavy atom. The van der Waals surface area contributed by atoms with Crippen LogP contribution in [0.3, 0.4) is 0 Å². The van der Waals surface area contributed by atoms with Crippen molar-refractivity contribution < 1.29 is 5.11 Å². The average Bonchev–Trinajstić information content (AvgIpc) is 2.25. The molecule has 0 spiro atoms. The van der Waals surface area contributed by atoms with Crippen LogP contribution in [0.2, 0.25) is 0 Å². The van der Waals surface area contributed by atoms with Gasteiger partial charge in [0.1, 0.15) is 0 Å². The first-order chi connectivity index (χ1) is 7.25. The molecule has 0 aromatic carbocycles. The number of unbranched alkanes of at least 4 members (excludes halogenated alkanes) is 3. The molecule has 1 rings (SSSR count). The molecule has 0 aliphatic carbocycles. The van der Waals surface area contributed by atoms with Crippen LogP contribution in [0, 0.1) is 0 Å². The second-order valence-corrected chi connectivity index (χ2v) is 7.10. The van der Waals surface area contributed by atoms with Gasteiger partial charge < -0.3 is 5.11 Å². The summed E-state index contributed by atoms with van der Waals surface area (Å²) >= 11 is 3.99. The van der Waals surface area contributed by atoms with E-state index in [1.165, 1.54) is 37.2 Å². The Kier molecular flexibility index (Phi) is 7.19. The zero-order valence-corrected chi connectivity index (χ0v) is 11.6. The standard InChI is InChI=1S/C12H24OS2/c1-3-4-5-6-7-11(13)12-10(2)14-8-9-15-12/h10-13H,3-9H2,1-2H3. The Balaban J connectivity index is 2.16. The molecule has 0 aromatic rings. The van der Waals surface area contributed by atoms with E-state index in [1.54, 1.807) is 0 Å². The van der Waals surface area contributed by atoms with Crippen molar-refractivity contribution >= 4 is 23.5 Å². The van der Waals surface area contributed by atoms with Crippen LogP contribution in [-0.4, -0.2) is 33.2 Å². The first-order valence-corrected chi connectivity index (χ1v) is 8.26. The lowest BCUT2D eigenvalue weighted by Gasteiger charge is -2.31. The van der Waals surface area contributed by atoms with Gasteiger partial charge in [-0.15, -0.1) is 0 Å². The van der Waals surface area contributed by atoms with Gasteiger partial charge in [-0.3, -0.25) is 0 Å². The molecule has 15 heavy (non-hydrogen) atoms. The largest absolute Gasteiger partial charge is 0.392 e. The fourth-order valence-electron chi connectivity index (χ4n) is 2.02. The van der Waals surface area contributed by atoms with Crippen LogP contribution in [-0.2, 0) is 0 Å². The average molecular weight is 248 g/mol. The summed E-state index contributed by atoms with van der Waals surface area (Å²) in [6.07, 6.45) is 6.00. The van der Waals surface area contributed by atoms with Crippen molar-refractivity contribution in [2.24, 2.45) is 0 Å². The number of rotatable bonds is 6. The fourth-order valence-corrected chi connectivity index (χ4v) is 4.90. The third-order valence-corrected chi connectivity index (χ3v) is 6.21. The lowest BCUT2D eigenvalue weighted by atomic mass is 10.1. The van der Waals surface area contributed by atoms with Gasteiger partial charge >= 0.3 is 0 Å². The van der Waals surface area contributed by atoms with Gasteiger partial charge in [-0.25, -0.2) is 0 Å². The SMILES string of the molecule is CCCCCCC(O)C1SCCSC1C. The van der Waals surface area contributed by atoms with Gasteiger partial charge in [0.25, 0.3) is 0 Å². The van der Waals surface area contributed by atoms with Crippen molar-refractivity contribution in [2.45, 2.75) is 62.6 Å². The summed E-state index contributed by atoms with van der Waals surface area (Å²) in [4.78, 5) is 0. The van der Waals surface area contributed by atoms with E-state index < -0.39 is 0 Å². The molecule has 3 unspecified atom stereocenters. The molecular formula is C12H24OS2. The normalized spacial score (nSPS) is 29.0. The molecule has 90 valence electrons.